The number of nitrogens with one attached hydrogen (secondary N) is 1. The largest absolute Gasteiger partial charge is 0.357 e. The fraction of sp³-hybridized carbons (Fsp3) is 0.200. The summed E-state index contributed by atoms with van der Waals surface area (Å²) in [6.45, 7) is 4.04. The molecule has 0 radical (unpaired) electrons. The van der Waals surface area contributed by atoms with Gasteiger partial charge in [0.05, 0.1) is 0 Å². The number of hydrogen-bond donors (Lipinski definition) is 3. The number of aryl methyl sites for hydroxylation is 3. The van der Waals surface area contributed by atoms with Crippen molar-refractivity contribution in [3.63, 3.8) is 0 Å². The lowest BCUT2D eigenvalue weighted by Crippen LogP contribution is -2.16. The van der Waals surface area contributed by atoms with E-state index in [1.54, 1.807) is 17.8 Å². The van der Waals surface area contributed by atoms with Crippen molar-refractivity contribution in [2.75, 3.05) is 0 Å². The third kappa shape index (κ3) is 3.66. The Hall–Kier alpha value is -2.45. The second kappa shape index (κ2) is 6.76. The van der Waals surface area contributed by atoms with E-state index in [4.69, 9.17) is 8.42 Å². The van der Waals surface area contributed by atoms with E-state index in [-0.39, 0.29) is 5.56 Å². The zero-order valence-corrected chi connectivity index (χ0v) is 13.9. The molecule has 0 aromatic carbocycles. The topological polar surface area (TPSA) is 111 Å². The van der Waals surface area contributed by atoms with Crippen LogP contribution in [0.4, 0.5) is 0 Å². The standard InChI is InChI=1S/C15H15N3O.H3NO2S/c1-9-6-11(7-17-10(9)2)13-8-18(3)15(19)14-12(13)4-5-16-14;1-4(2)3/h4-8,16H,1-3H3;4H,(H2,1,2,3). The van der Waals surface area contributed by atoms with Crippen molar-refractivity contribution in [3.8, 4) is 11.1 Å². The van der Waals surface area contributed by atoms with Crippen LogP contribution in [-0.4, -0.2) is 23.0 Å². The van der Waals surface area contributed by atoms with Crippen molar-refractivity contribution in [2.24, 2.45) is 12.2 Å². The Morgan fingerprint density at radius 3 is 2.57 bits per heavy atom. The highest BCUT2D eigenvalue weighted by molar-refractivity contribution is 7.69. The van der Waals surface area contributed by atoms with Crippen LogP contribution >= 0.6 is 0 Å². The normalized spacial score (nSPS) is 10.7. The van der Waals surface area contributed by atoms with E-state index in [9.17, 15) is 4.79 Å². The Bertz CT molecular complexity index is 978. The van der Waals surface area contributed by atoms with Gasteiger partial charge in [0.1, 0.15) is 5.52 Å². The number of thiol groups is 1. The summed E-state index contributed by atoms with van der Waals surface area (Å²) in [7, 11) is -0.856. The predicted octanol–water partition coefficient (Wildman–Crippen LogP) is 1.02. The number of fused-ring (bicyclic) bond motifs is 1. The van der Waals surface area contributed by atoms with Crippen molar-refractivity contribution in [3.05, 3.63) is 52.3 Å². The average molecular weight is 334 g/mol. The highest BCUT2D eigenvalue weighted by Crippen LogP contribution is 2.26. The second-order valence-corrected chi connectivity index (χ2v) is 5.71. The van der Waals surface area contributed by atoms with Gasteiger partial charge in [-0.25, -0.2) is 13.6 Å². The van der Waals surface area contributed by atoms with E-state index in [0.29, 0.717) is 5.52 Å². The SMILES string of the molecule is Cc1cc(-c2cn(C)c(=O)c3[nH]ccc23)cnc1C.N[SH](=O)=O. The Morgan fingerprint density at radius 2 is 1.96 bits per heavy atom. The molecule has 0 saturated carbocycles. The van der Waals surface area contributed by atoms with Crippen LogP contribution in [0.15, 0.2) is 35.5 Å². The minimum atomic E-state index is -2.62. The highest BCUT2D eigenvalue weighted by atomic mass is 32.2. The van der Waals surface area contributed by atoms with Gasteiger partial charge in [-0.05, 0) is 31.5 Å². The summed E-state index contributed by atoms with van der Waals surface area (Å²) in [5.74, 6) is 0. The summed E-state index contributed by atoms with van der Waals surface area (Å²) in [6.07, 6.45) is 5.52. The van der Waals surface area contributed by atoms with Gasteiger partial charge in [0, 0.05) is 47.8 Å². The number of hydrogen-bond acceptors (Lipinski definition) is 4. The fourth-order valence-electron chi connectivity index (χ4n) is 2.29. The molecule has 8 heteroatoms. The molecule has 0 spiro atoms. The number of nitrogens with two attached hydrogens (primary N) is 1. The number of H-pyrrole nitrogens is 1. The first-order chi connectivity index (χ1) is 10.8. The lowest BCUT2D eigenvalue weighted by molar-refractivity contribution is 0.616. The lowest BCUT2D eigenvalue weighted by Gasteiger charge is -2.08. The van der Waals surface area contributed by atoms with Crippen molar-refractivity contribution < 1.29 is 8.42 Å². The van der Waals surface area contributed by atoms with Crippen molar-refractivity contribution in [1.82, 2.24) is 14.5 Å². The maximum atomic E-state index is 12.0. The van der Waals surface area contributed by atoms with Crippen LogP contribution in [0.5, 0.6) is 0 Å². The summed E-state index contributed by atoms with van der Waals surface area (Å²) >= 11 is 0. The summed E-state index contributed by atoms with van der Waals surface area (Å²) in [6, 6.07) is 4.04. The molecule has 0 saturated heterocycles. The zero-order valence-electron chi connectivity index (χ0n) is 13.0. The number of aromatic nitrogens is 3. The maximum absolute atomic E-state index is 12.0. The van der Waals surface area contributed by atoms with Gasteiger partial charge in [-0.2, -0.15) is 0 Å². The molecule has 3 N–H and O–H groups in total. The molecule has 3 aromatic heterocycles. The quantitative estimate of drug-likeness (QED) is 0.577. The molecule has 0 aliphatic heterocycles. The van der Waals surface area contributed by atoms with Crippen LogP contribution in [0.2, 0.25) is 0 Å². The monoisotopic (exact) mass is 334 g/mol. The number of pyridine rings is 2. The Labute approximate surface area is 134 Å². The molecular formula is C15H18N4O3S. The van der Waals surface area contributed by atoms with Gasteiger partial charge in [-0.1, -0.05) is 0 Å². The van der Waals surface area contributed by atoms with Gasteiger partial charge in [0.25, 0.3) is 5.56 Å². The second-order valence-electron chi connectivity index (χ2n) is 5.14. The first kappa shape index (κ1) is 16.9. The number of nitrogens with zero attached hydrogens (tertiary/aromatic N) is 2. The maximum Gasteiger partial charge on any atom is 0.274 e. The number of aromatic amines is 1. The van der Waals surface area contributed by atoms with Gasteiger partial charge in [-0.3, -0.25) is 9.78 Å². The molecule has 3 rings (SSSR count). The van der Waals surface area contributed by atoms with Crippen LogP contribution in [0.3, 0.4) is 0 Å². The molecular weight excluding hydrogens is 316 g/mol. The Morgan fingerprint density at radius 1 is 1.30 bits per heavy atom. The van der Waals surface area contributed by atoms with E-state index in [0.717, 1.165) is 27.8 Å². The van der Waals surface area contributed by atoms with Crippen molar-refractivity contribution >= 4 is 21.8 Å². The van der Waals surface area contributed by atoms with E-state index in [1.165, 1.54) is 0 Å². The van der Waals surface area contributed by atoms with Crippen LogP contribution in [0.25, 0.3) is 22.0 Å². The molecule has 3 aromatic rings. The molecule has 0 amide bonds. The first-order valence-electron chi connectivity index (χ1n) is 6.80. The third-order valence-electron chi connectivity index (χ3n) is 3.55. The zero-order chi connectivity index (χ0) is 17.1. The van der Waals surface area contributed by atoms with E-state index >= 15 is 0 Å². The molecule has 0 atom stereocenters. The molecule has 0 unspecified atom stereocenters. The molecule has 0 fully saturated rings. The van der Waals surface area contributed by atoms with Crippen LogP contribution in [0.1, 0.15) is 11.3 Å². The van der Waals surface area contributed by atoms with Gasteiger partial charge >= 0.3 is 0 Å². The van der Waals surface area contributed by atoms with Crippen LogP contribution in [-0.2, 0) is 17.9 Å². The summed E-state index contributed by atoms with van der Waals surface area (Å²) < 4.78 is 19.2. The van der Waals surface area contributed by atoms with Gasteiger partial charge < -0.3 is 9.55 Å². The molecule has 7 nitrogen and oxygen atoms in total. The Balaban J connectivity index is 0.000000433. The van der Waals surface area contributed by atoms with Gasteiger partial charge in [0.2, 0.25) is 0 Å². The Kier molecular flexibility index (Phi) is 4.97. The van der Waals surface area contributed by atoms with E-state index in [1.807, 2.05) is 32.3 Å². The van der Waals surface area contributed by atoms with Gasteiger partial charge in [-0.15, -0.1) is 0 Å². The van der Waals surface area contributed by atoms with Crippen molar-refractivity contribution in [1.29, 1.82) is 0 Å². The van der Waals surface area contributed by atoms with Crippen LogP contribution in [0, 0.1) is 13.8 Å². The van der Waals surface area contributed by atoms with Crippen LogP contribution < -0.4 is 10.7 Å². The molecule has 23 heavy (non-hydrogen) atoms. The lowest BCUT2D eigenvalue weighted by atomic mass is 10.0. The fourth-order valence-corrected chi connectivity index (χ4v) is 2.29. The van der Waals surface area contributed by atoms with Gasteiger partial charge in [0.15, 0.2) is 10.9 Å². The molecule has 3 heterocycles. The summed E-state index contributed by atoms with van der Waals surface area (Å²) in [4.78, 5) is 19.4. The highest BCUT2D eigenvalue weighted by Gasteiger charge is 2.10. The predicted molar refractivity (Wildman–Crippen MR) is 90.7 cm³/mol. The molecule has 0 aliphatic carbocycles. The van der Waals surface area contributed by atoms with E-state index < -0.39 is 10.9 Å². The first-order valence-corrected chi connectivity index (χ1v) is 8.05. The minimum Gasteiger partial charge on any atom is -0.357 e. The van der Waals surface area contributed by atoms with Crippen molar-refractivity contribution in [2.45, 2.75) is 13.8 Å². The molecule has 122 valence electrons. The summed E-state index contributed by atoms with van der Waals surface area (Å²) in [5, 5.41) is 5.00. The average Bonchev–Trinajstić information content (AvgIpc) is 2.95. The molecule has 0 bridgehead atoms. The third-order valence-corrected chi connectivity index (χ3v) is 3.55. The smallest absolute Gasteiger partial charge is 0.274 e. The molecule has 0 aliphatic rings. The summed E-state index contributed by atoms with van der Waals surface area (Å²) in [5.41, 5.74) is 4.85. The minimum absolute atomic E-state index is 0.0134. The number of rotatable bonds is 1. The van der Waals surface area contributed by atoms with E-state index in [2.05, 4.69) is 21.2 Å².